The first kappa shape index (κ1) is 16.3. The van der Waals surface area contributed by atoms with E-state index >= 15 is 0 Å². The van der Waals surface area contributed by atoms with E-state index in [0.29, 0.717) is 12.5 Å². The molecule has 0 unspecified atom stereocenters. The molecule has 0 atom stereocenters. The van der Waals surface area contributed by atoms with Crippen molar-refractivity contribution in [3.63, 3.8) is 0 Å². The summed E-state index contributed by atoms with van der Waals surface area (Å²) in [6.45, 7) is 4.79. The zero-order valence-corrected chi connectivity index (χ0v) is 15.6. The number of hydrogen-bond donors (Lipinski definition) is 0. The van der Waals surface area contributed by atoms with Crippen molar-refractivity contribution in [1.29, 1.82) is 0 Å². The van der Waals surface area contributed by atoms with Crippen LogP contribution < -0.4 is 0 Å². The molecule has 0 aromatic carbocycles. The van der Waals surface area contributed by atoms with Crippen LogP contribution in [0.2, 0.25) is 0 Å². The molecule has 1 aliphatic rings. The Kier molecular flexibility index (Phi) is 4.07. The minimum Gasteiger partial charge on any atom is -0.337 e. The third-order valence-electron chi connectivity index (χ3n) is 4.62. The predicted molar refractivity (Wildman–Crippen MR) is 100 cm³/mol. The largest absolute Gasteiger partial charge is 0.337 e. The van der Waals surface area contributed by atoms with E-state index < -0.39 is 0 Å². The SMILES string of the molecule is CC(C)n1ncc2c(C(=O)N(C)Cc3cccs3)cc(C3CC3)nc21. The minimum absolute atomic E-state index is 0.0333. The lowest BCUT2D eigenvalue weighted by Crippen LogP contribution is -2.26. The number of nitrogens with zero attached hydrogens (tertiary/aromatic N) is 4. The molecule has 0 bridgehead atoms. The van der Waals surface area contributed by atoms with Gasteiger partial charge < -0.3 is 4.90 Å². The summed E-state index contributed by atoms with van der Waals surface area (Å²) in [6.07, 6.45) is 4.10. The van der Waals surface area contributed by atoms with Crippen molar-refractivity contribution in [2.24, 2.45) is 0 Å². The Balaban J connectivity index is 1.75. The Hall–Kier alpha value is -2.21. The van der Waals surface area contributed by atoms with Crippen molar-refractivity contribution in [2.75, 3.05) is 7.05 Å². The lowest BCUT2D eigenvalue weighted by Gasteiger charge is -2.17. The third-order valence-corrected chi connectivity index (χ3v) is 5.48. The summed E-state index contributed by atoms with van der Waals surface area (Å²) in [6, 6.07) is 6.27. The molecule has 0 spiro atoms. The maximum Gasteiger partial charge on any atom is 0.254 e. The average Bonchev–Trinajstić information content (AvgIpc) is 3.14. The van der Waals surface area contributed by atoms with Gasteiger partial charge in [0.2, 0.25) is 0 Å². The van der Waals surface area contributed by atoms with Crippen LogP contribution in [-0.2, 0) is 6.54 Å². The fourth-order valence-electron chi connectivity index (χ4n) is 3.09. The highest BCUT2D eigenvalue weighted by atomic mass is 32.1. The monoisotopic (exact) mass is 354 g/mol. The van der Waals surface area contributed by atoms with Gasteiger partial charge in [-0.3, -0.25) is 4.79 Å². The van der Waals surface area contributed by atoms with Crippen LogP contribution in [0.4, 0.5) is 0 Å². The fraction of sp³-hybridized carbons (Fsp3) is 0.421. The molecule has 5 nitrogen and oxygen atoms in total. The maximum atomic E-state index is 13.1. The normalized spacial score (nSPS) is 14.4. The van der Waals surface area contributed by atoms with Crippen molar-refractivity contribution >= 4 is 28.3 Å². The average molecular weight is 354 g/mol. The number of hydrogen-bond acceptors (Lipinski definition) is 4. The first-order valence-electron chi connectivity index (χ1n) is 8.70. The minimum atomic E-state index is 0.0333. The number of carbonyl (C=O) groups is 1. The number of carbonyl (C=O) groups excluding carboxylic acids is 1. The van der Waals surface area contributed by atoms with E-state index in [1.54, 1.807) is 22.4 Å². The number of amides is 1. The van der Waals surface area contributed by atoms with Crippen LogP contribution in [0.15, 0.2) is 29.8 Å². The van der Waals surface area contributed by atoms with Crippen LogP contribution in [0.1, 0.15) is 59.6 Å². The van der Waals surface area contributed by atoms with Gasteiger partial charge in [0.25, 0.3) is 5.91 Å². The number of aromatic nitrogens is 3. The third kappa shape index (κ3) is 3.06. The van der Waals surface area contributed by atoms with Crippen molar-refractivity contribution in [3.05, 3.63) is 45.9 Å². The Morgan fingerprint density at radius 2 is 2.24 bits per heavy atom. The van der Waals surface area contributed by atoms with E-state index in [0.717, 1.165) is 35.1 Å². The molecule has 1 amide bonds. The first-order valence-corrected chi connectivity index (χ1v) is 9.58. The van der Waals surface area contributed by atoms with Crippen molar-refractivity contribution in [3.8, 4) is 0 Å². The van der Waals surface area contributed by atoms with E-state index in [4.69, 9.17) is 4.98 Å². The molecular formula is C19H22N4OS. The second-order valence-electron chi connectivity index (χ2n) is 7.03. The predicted octanol–water partition coefficient (Wildman–Crippen LogP) is 4.22. The molecule has 0 saturated heterocycles. The van der Waals surface area contributed by atoms with E-state index in [1.165, 1.54) is 4.88 Å². The molecule has 1 saturated carbocycles. The second kappa shape index (κ2) is 6.26. The highest BCUT2D eigenvalue weighted by Gasteiger charge is 2.29. The van der Waals surface area contributed by atoms with Crippen LogP contribution in [-0.4, -0.2) is 32.6 Å². The molecule has 6 heteroatoms. The summed E-state index contributed by atoms with van der Waals surface area (Å²) < 4.78 is 1.91. The molecule has 1 aliphatic carbocycles. The lowest BCUT2D eigenvalue weighted by molar-refractivity contribution is 0.0788. The van der Waals surface area contributed by atoms with Gasteiger partial charge in [-0.15, -0.1) is 11.3 Å². The van der Waals surface area contributed by atoms with Gasteiger partial charge in [-0.2, -0.15) is 5.10 Å². The molecule has 130 valence electrons. The fourth-order valence-corrected chi connectivity index (χ4v) is 3.85. The molecule has 3 heterocycles. The number of rotatable bonds is 5. The second-order valence-corrected chi connectivity index (χ2v) is 8.06. The van der Waals surface area contributed by atoms with E-state index in [2.05, 4.69) is 25.0 Å². The van der Waals surface area contributed by atoms with Crippen LogP contribution in [0.25, 0.3) is 11.0 Å². The molecule has 0 N–H and O–H groups in total. The van der Waals surface area contributed by atoms with Crippen LogP contribution in [0.3, 0.4) is 0 Å². The Bertz CT molecular complexity index is 909. The zero-order valence-electron chi connectivity index (χ0n) is 14.8. The van der Waals surface area contributed by atoms with Crippen LogP contribution in [0, 0.1) is 0 Å². The molecule has 4 rings (SSSR count). The summed E-state index contributed by atoms with van der Waals surface area (Å²) in [5.74, 6) is 0.528. The molecule has 25 heavy (non-hydrogen) atoms. The van der Waals surface area contributed by atoms with Crippen molar-refractivity contribution in [1.82, 2.24) is 19.7 Å². The maximum absolute atomic E-state index is 13.1. The van der Waals surface area contributed by atoms with Crippen LogP contribution in [0.5, 0.6) is 0 Å². The van der Waals surface area contributed by atoms with E-state index in [9.17, 15) is 4.79 Å². The molecule has 0 aliphatic heterocycles. The summed E-state index contributed by atoms with van der Waals surface area (Å²) in [5.41, 5.74) is 2.58. The lowest BCUT2D eigenvalue weighted by atomic mass is 10.1. The summed E-state index contributed by atoms with van der Waals surface area (Å²) in [4.78, 5) is 20.9. The summed E-state index contributed by atoms with van der Waals surface area (Å²) >= 11 is 1.67. The molecule has 3 aromatic heterocycles. The van der Waals surface area contributed by atoms with Gasteiger partial charge in [0.15, 0.2) is 5.65 Å². The molecule has 3 aromatic rings. The van der Waals surface area contributed by atoms with Gasteiger partial charge in [-0.25, -0.2) is 9.67 Å². The summed E-state index contributed by atoms with van der Waals surface area (Å²) in [5, 5.41) is 7.37. The number of thiophene rings is 1. The van der Waals surface area contributed by atoms with E-state index in [-0.39, 0.29) is 11.9 Å². The van der Waals surface area contributed by atoms with Gasteiger partial charge >= 0.3 is 0 Å². The zero-order chi connectivity index (χ0) is 17.6. The highest BCUT2D eigenvalue weighted by molar-refractivity contribution is 7.09. The number of fused-ring (bicyclic) bond motifs is 1. The first-order chi connectivity index (χ1) is 12.0. The summed E-state index contributed by atoms with van der Waals surface area (Å²) in [7, 11) is 1.86. The molecule has 1 fully saturated rings. The van der Waals surface area contributed by atoms with Gasteiger partial charge in [0.05, 0.1) is 23.7 Å². The number of pyridine rings is 1. The van der Waals surface area contributed by atoms with Gasteiger partial charge in [-0.05, 0) is 44.2 Å². The van der Waals surface area contributed by atoms with Gasteiger partial charge in [-0.1, -0.05) is 6.07 Å². The Morgan fingerprint density at radius 3 is 2.88 bits per heavy atom. The molecular weight excluding hydrogens is 332 g/mol. The van der Waals surface area contributed by atoms with Crippen LogP contribution >= 0.6 is 11.3 Å². The Labute approximate surface area is 151 Å². The topological polar surface area (TPSA) is 51.0 Å². The highest BCUT2D eigenvalue weighted by Crippen LogP contribution is 2.40. The van der Waals surface area contributed by atoms with Crippen molar-refractivity contribution < 1.29 is 4.79 Å². The Morgan fingerprint density at radius 1 is 1.44 bits per heavy atom. The van der Waals surface area contributed by atoms with E-state index in [1.807, 2.05) is 29.2 Å². The standard InChI is InChI=1S/C19H22N4OS/c1-12(2)23-18-16(10-20-23)15(9-17(21-18)13-6-7-13)19(24)22(3)11-14-5-4-8-25-14/h4-5,8-10,12-13H,6-7,11H2,1-3H3. The van der Waals surface area contributed by atoms with Gasteiger partial charge in [0, 0.05) is 29.6 Å². The quantitative estimate of drug-likeness (QED) is 0.689. The van der Waals surface area contributed by atoms with Crippen molar-refractivity contribution in [2.45, 2.75) is 45.2 Å². The van der Waals surface area contributed by atoms with Gasteiger partial charge in [0.1, 0.15) is 0 Å². The molecule has 0 radical (unpaired) electrons. The smallest absolute Gasteiger partial charge is 0.254 e.